The number of ether oxygens (including phenoxy) is 1. The highest BCUT2D eigenvalue weighted by Gasteiger charge is 2.20. The quantitative estimate of drug-likeness (QED) is 0.426. The number of hydrogen-bond donors (Lipinski definition) is 3. The van der Waals surface area contributed by atoms with Crippen LogP contribution in [0.1, 0.15) is 11.3 Å². The molecule has 0 aliphatic rings. The molecular formula is C21H22ClN7O4. The first-order valence-electron chi connectivity index (χ1n) is 9.83. The molecule has 0 aliphatic heterocycles. The molecule has 172 valence electrons. The number of nitrogens with one attached hydrogen (secondary N) is 2. The summed E-state index contributed by atoms with van der Waals surface area (Å²) in [7, 11) is 3.15. The molecule has 3 aromatic rings. The van der Waals surface area contributed by atoms with Gasteiger partial charge in [-0.05, 0) is 41.4 Å². The van der Waals surface area contributed by atoms with E-state index in [2.05, 4.69) is 30.6 Å². The lowest BCUT2D eigenvalue weighted by Crippen LogP contribution is -2.32. The maximum absolute atomic E-state index is 11.8. The van der Waals surface area contributed by atoms with Gasteiger partial charge in [-0.2, -0.15) is 15.0 Å². The Balaban J connectivity index is 1.66. The van der Waals surface area contributed by atoms with Gasteiger partial charge in [-0.1, -0.05) is 18.2 Å². The first-order valence-corrected chi connectivity index (χ1v) is 10.2. The highest BCUT2D eigenvalue weighted by molar-refractivity contribution is 6.28. The summed E-state index contributed by atoms with van der Waals surface area (Å²) in [5.74, 6) is -0.551. The molecule has 3 rings (SSSR count). The summed E-state index contributed by atoms with van der Waals surface area (Å²) in [4.78, 5) is 41.1. The van der Waals surface area contributed by atoms with Gasteiger partial charge in [0.05, 0.1) is 12.2 Å². The summed E-state index contributed by atoms with van der Waals surface area (Å²) < 4.78 is 5.16. The average Bonchev–Trinajstić information content (AvgIpc) is 2.78. The van der Waals surface area contributed by atoms with Gasteiger partial charge in [-0.25, -0.2) is 9.59 Å². The molecule has 0 spiro atoms. The van der Waals surface area contributed by atoms with E-state index in [1.54, 1.807) is 50.6 Å². The first kappa shape index (κ1) is 23.7. The minimum Gasteiger partial charge on any atom is -0.480 e. The number of rotatable bonds is 9. The van der Waals surface area contributed by atoms with E-state index in [-0.39, 0.29) is 23.6 Å². The van der Waals surface area contributed by atoms with Crippen LogP contribution >= 0.6 is 11.6 Å². The van der Waals surface area contributed by atoms with Gasteiger partial charge >= 0.3 is 12.1 Å². The SMILES string of the molecule is CN(C)C(=O)Oc1ccc(C[C@H](Nc2nc(Cl)nc(NCc3ccccn3)n2)C(=O)O)cc1. The van der Waals surface area contributed by atoms with Gasteiger partial charge in [-0.3, -0.25) is 4.98 Å². The highest BCUT2D eigenvalue weighted by atomic mass is 35.5. The fraction of sp³-hybridized carbons (Fsp3) is 0.238. The van der Waals surface area contributed by atoms with Crippen LogP contribution in [0.5, 0.6) is 5.75 Å². The number of halogens is 1. The lowest BCUT2D eigenvalue weighted by Gasteiger charge is -2.16. The molecule has 0 aliphatic carbocycles. The second kappa shape index (κ2) is 11.0. The highest BCUT2D eigenvalue weighted by Crippen LogP contribution is 2.17. The molecule has 0 fully saturated rings. The molecule has 33 heavy (non-hydrogen) atoms. The summed E-state index contributed by atoms with van der Waals surface area (Å²) in [6.07, 6.45) is 1.28. The molecule has 3 N–H and O–H groups in total. The third-order valence-electron chi connectivity index (χ3n) is 4.30. The Morgan fingerprint density at radius 1 is 1.09 bits per heavy atom. The number of carboxylic acids is 1. The summed E-state index contributed by atoms with van der Waals surface area (Å²) in [6, 6.07) is 11.0. The number of carboxylic acid groups (broad SMARTS) is 1. The monoisotopic (exact) mass is 471 g/mol. The minimum absolute atomic E-state index is 0.0162. The van der Waals surface area contributed by atoms with E-state index in [1.165, 1.54) is 4.90 Å². The van der Waals surface area contributed by atoms with Crippen molar-refractivity contribution in [2.24, 2.45) is 0 Å². The van der Waals surface area contributed by atoms with E-state index >= 15 is 0 Å². The van der Waals surface area contributed by atoms with E-state index in [0.717, 1.165) is 5.69 Å². The Morgan fingerprint density at radius 2 is 1.82 bits per heavy atom. The van der Waals surface area contributed by atoms with Gasteiger partial charge in [0.2, 0.25) is 17.2 Å². The summed E-state index contributed by atoms with van der Waals surface area (Å²) in [5, 5.41) is 15.3. The molecule has 0 radical (unpaired) electrons. The average molecular weight is 472 g/mol. The molecule has 1 aromatic carbocycles. The Morgan fingerprint density at radius 3 is 2.45 bits per heavy atom. The number of nitrogens with zero attached hydrogens (tertiary/aromatic N) is 5. The van der Waals surface area contributed by atoms with Crippen LogP contribution in [-0.4, -0.2) is 62.1 Å². The lowest BCUT2D eigenvalue weighted by atomic mass is 10.1. The Hall–Kier alpha value is -3.99. The van der Waals surface area contributed by atoms with Crippen LogP contribution in [0.15, 0.2) is 48.7 Å². The van der Waals surface area contributed by atoms with Crippen molar-refractivity contribution in [2.45, 2.75) is 19.0 Å². The van der Waals surface area contributed by atoms with Crippen LogP contribution in [0, 0.1) is 0 Å². The van der Waals surface area contributed by atoms with Crippen molar-refractivity contribution in [3.63, 3.8) is 0 Å². The number of hydrogen-bond acceptors (Lipinski definition) is 9. The predicted octanol–water partition coefficient (Wildman–Crippen LogP) is 2.70. The largest absolute Gasteiger partial charge is 0.480 e. The summed E-state index contributed by atoms with van der Waals surface area (Å²) >= 11 is 5.99. The molecule has 11 nitrogen and oxygen atoms in total. The van der Waals surface area contributed by atoms with Crippen molar-refractivity contribution in [1.82, 2.24) is 24.8 Å². The maximum Gasteiger partial charge on any atom is 0.414 e. The molecule has 0 saturated heterocycles. The zero-order chi connectivity index (χ0) is 23.8. The number of amides is 1. The number of benzene rings is 1. The maximum atomic E-state index is 11.8. The zero-order valence-corrected chi connectivity index (χ0v) is 18.7. The fourth-order valence-corrected chi connectivity index (χ4v) is 2.80. The van der Waals surface area contributed by atoms with Gasteiger partial charge < -0.3 is 25.4 Å². The van der Waals surface area contributed by atoms with E-state index in [1.807, 2.05) is 12.1 Å². The number of anilines is 2. The normalized spacial score (nSPS) is 11.4. The van der Waals surface area contributed by atoms with Crippen molar-refractivity contribution >= 4 is 35.6 Å². The van der Waals surface area contributed by atoms with Crippen LogP contribution in [0.2, 0.25) is 5.28 Å². The van der Waals surface area contributed by atoms with Crippen LogP contribution in [0.3, 0.4) is 0 Å². The van der Waals surface area contributed by atoms with E-state index in [0.29, 0.717) is 17.9 Å². The van der Waals surface area contributed by atoms with Gasteiger partial charge in [0.15, 0.2) is 0 Å². The molecule has 0 unspecified atom stereocenters. The van der Waals surface area contributed by atoms with Crippen LogP contribution < -0.4 is 15.4 Å². The molecule has 1 amide bonds. The van der Waals surface area contributed by atoms with Crippen molar-refractivity contribution < 1.29 is 19.4 Å². The molecule has 2 aromatic heterocycles. The Bertz CT molecular complexity index is 1100. The van der Waals surface area contributed by atoms with Crippen molar-refractivity contribution in [3.8, 4) is 5.75 Å². The van der Waals surface area contributed by atoms with Crippen molar-refractivity contribution in [1.29, 1.82) is 0 Å². The van der Waals surface area contributed by atoms with Crippen molar-refractivity contribution in [3.05, 3.63) is 65.2 Å². The number of aromatic nitrogens is 4. The van der Waals surface area contributed by atoms with Gasteiger partial charge in [-0.15, -0.1) is 0 Å². The van der Waals surface area contributed by atoms with Crippen molar-refractivity contribution in [2.75, 3.05) is 24.7 Å². The molecule has 1 atom stereocenters. The number of pyridine rings is 1. The third kappa shape index (κ3) is 7.28. The third-order valence-corrected chi connectivity index (χ3v) is 4.47. The number of aliphatic carboxylic acids is 1. The molecular weight excluding hydrogens is 450 g/mol. The lowest BCUT2D eigenvalue weighted by molar-refractivity contribution is -0.137. The van der Waals surface area contributed by atoms with E-state index < -0.39 is 18.1 Å². The summed E-state index contributed by atoms with van der Waals surface area (Å²) in [6.45, 7) is 0.355. The molecule has 12 heteroatoms. The second-order valence-corrected chi connectivity index (χ2v) is 7.41. The van der Waals surface area contributed by atoms with E-state index in [9.17, 15) is 14.7 Å². The zero-order valence-electron chi connectivity index (χ0n) is 17.9. The van der Waals surface area contributed by atoms with Crippen LogP contribution in [-0.2, 0) is 17.8 Å². The topological polar surface area (TPSA) is 142 Å². The number of carbonyl (C=O) groups excluding carboxylic acids is 1. The standard InChI is InChI=1S/C21H22ClN7O4/c1-29(2)21(32)33-15-8-6-13(7-9-15)11-16(17(30)31)25-20-27-18(22)26-19(28-20)24-12-14-5-3-4-10-23-14/h3-10,16H,11-12H2,1-2H3,(H,30,31)(H2,24,25,26,27,28)/t16-/m0/s1. The fourth-order valence-electron chi connectivity index (χ4n) is 2.64. The smallest absolute Gasteiger partial charge is 0.414 e. The summed E-state index contributed by atoms with van der Waals surface area (Å²) in [5.41, 5.74) is 1.47. The van der Waals surface area contributed by atoms with Gasteiger partial charge in [0, 0.05) is 26.7 Å². The first-order chi connectivity index (χ1) is 15.8. The second-order valence-electron chi connectivity index (χ2n) is 7.07. The minimum atomic E-state index is -1.10. The molecule has 2 heterocycles. The Labute approximate surface area is 194 Å². The molecule has 0 saturated carbocycles. The van der Waals surface area contributed by atoms with E-state index in [4.69, 9.17) is 16.3 Å². The van der Waals surface area contributed by atoms with Crippen LogP contribution in [0.4, 0.5) is 16.7 Å². The Kier molecular flexibility index (Phi) is 7.92. The predicted molar refractivity (Wildman–Crippen MR) is 121 cm³/mol. The van der Waals surface area contributed by atoms with Gasteiger partial charge in [0.1, 0.15) is 11.8 Å². The molecule has 0 bridgehead atoms. The van der Waals surface area contributed by atoms with Gasteiger partial charge in [0.25, 0.3) is 0 Å². The van der Waals surface area contributed by atoms with Crippen LogP contribution in [0.25, 0.3) is 0 Å². The number of carbonyl (C=O) groups is 2.